The van der Waals surface area contributed by atoms with E-state index >= 15 is 0 Å². The van der Waals surface area contributed by atoms with Crippen LogP contribution in [0.4, 0.5) is 17.1 Å². The molecule has 0 saturated heterocycles. The second-order valence-corrected chi connectivity index (χ2v) is 14.1. The highest BCUT2D eigenvalue weighted by Crippen LogP contribution is 2.47. The lowest BCUT2D eigenvalue weighted by Gasteiger charge is -2.31. The van der Waals surface area contributed by atoms with Crippen molar-refractivity contribution in [3.63, 3.8) is 0 Å². The summed E-state index contributed by atoms with van der Waals surface area (Å²) in [6, 6.07) is 81.6. The van der Waals surface area contributed by atoms with Gasteiger partial charge < -0.3 is 4.90 Å². The van der Waals surface area contributed by atoms with Crippen LogP contribution in [0, 0.1) is 0 Å². The molecule has 0 aliphatic rings. The molecule has 1 heteroatoms. The Morgan fingerprint density at radius 3 is 1.64 bits per heavy atom. The van der Waals surface area contributed by atoms with E-state index in [1.54, 1.807) is 0 Å². The molecule has 0 bridgehead atoms. The summed E-state index contributed by atoms with van der Waals surface area (Å²) in [6.45, 7) is 0. The minimum absolute atomic E-state index is 1.09. The van der Waals surface area contributed by atoms with Gasteiger partial charge in [0, 0.05) is 16.8 Å². The number of benzene rings is 10. The number of hydrogen-bond acceptors (Lipinski definition) is 1. The normalized spacial score (nSPS) is 11.3. The van der Waals surface area contributed by atoms with Gasteiger partial charge in [0.2, 0.25) is 0 Å². The molecule has 10 aromatic carbocycles. The monoisotopic (exact) mass is 699 g/mol. The molecule has 1 nitrogen and oxygen atoms in total. The molecule has 0 spiro atoms. The van der Waals surface area contributed by atoms with E-state index in [1.165, 1.54) is 71.3 Å². The Balaban J connectivity index is 1.25. The lowest BCUT2D eigenvalue weighted by atomic mass is 9.92. The number of nitrogens with zero attached hydrogens (tertiary/aromatic N) is 1. The summed E-state index contributed by atoms with van der Waals surface area (Å²) in [5, 5.41) is 7.48. The summed E-state index contributed by atoms with van der Waals surface area (Å²) in [6.07, 6.45) is 0. The zero-order valence-electron chi connectivity index (χ0n) is 30.3. The van der Waals surface area contributed by atoms with Gasteiger partial charge in [-0.1, -0.05) is 188 Å². The van der Waals surface area contributed by atoms with Gasteiger partial charge in [-0.25, -0.2) is 0 Å². The molecule has 0 fully saturated rings. The molecule has 10 rings (SSSR count). The van der Waals surface area contributed by atoms with E-state index < -0.39 is 0 Å². The van der Waals surface area contributed by atoms with Crippen LogP contribution in [0.25, 0.3) is 76.8 Å². The second kappa shape index (κ2) is 14.0. The summed E-state index contributed by atoms with van der Waals surface area (Å²) in [4.78, 5) is 2.48. The number of rotatable bonds is 7. The molecular formula is C54H37N. The molecule has 0 heterocycles. The fourth-order valence-electron chi connectivity index (χ4n) is 8.17. The van der Waals surface area contributed by atoms with Crippen molar-refractivity contribution in [1.82, 2.24) is 0 Å². The van der Waals surface area contributed by atoms with Crippen molar-refractivity contribution in [2.75, 3.05) is 4.90 Å². The van der Waals surface area contributed by atoms with Crippen molar-refractivity contribution in [2.45, 2.75) is 0 Å². The van der Waals surface area contributed by atoms with E-state index in [9.17, 15) is 0 Å². The average molecular weight is 700 g/mol. The molecule has 0 amide bonds. The van der Waals surface area contributed by atoms with Gasteiger partial charge in [-0.15, -0.1) is 0 Å². The zero-order valence-corrected chi connectivity index (χ0v) is 30.3. The van der Waals surface area contributed by atoms with Gasteiger partial charge in [-0.3, -0.25) is 0 Å². The number of hydrogen-bond donors (Lipinski definition) is 0. The largest absolute Gasteiger partial charge is 0.309 e. The molecule has 0 aliphatic heterocycles. The first-order chi connectivity index (χ1) is 27.3. The van der Waals surface area contributed by atoms with Crippen molar-refractivity contribution in [3.8, 4) is 44.5 Å². The molecule has 0 aliphatic carbocycles. The summed E-state index contributed by atoms with van der Waals surface area (Å²) in [5.41, 5.74) is 12.7. The van der Waals surface area contributed by atoms with Gasteiger partial charge in [-0.05, 0) is 102 Å². The van der Waals surface area contributed by atoms with E-state index in [2.05, 4.69) is 229 Å². The molecule has 258 valence electrons. The molecule has 55 heavy (non-hydrogen) atoms. The molecule has 0 unspecified atom stereocenters. The Bertz CT molecular complexity index is 2980. The Labute approximate surface area is 322 Å². The molecule has 0 aromatic heterocycles. The summed E-state index contributed by atoms with van der Waals surface area (Å²) in [5.74, 6) is 0. The van der Waals surface area contributed by atoms with Gasteiger partial charge in [0.25, 0.3) is 0 Å². The van der Waals surface area contributed by atoms with Crippen molar-refractivity contribution < 1.29 is 0 Å². The Hall–Kier alpha value is -7.22. The van der Waals surface area contributed by atoms with Crippen LogP contribution in [0.2, 0.25) is 0 Å². The van der Waals surface area contributed by atoms with Crippen molar-refractivity contribution >= 4 is 49.4 Å². The third kappa shape index (κ3) is 6.02. The predicted octanol–water partition coefficient (Wildman–Crippen LogP) is 15.3. The van der Waals surface area contributed by atoms with Crippen LogP contribution in [0.1, 0.15) is 0 Å². The third-order valence-electron chi connectivity index (χ3n) is 10.8. The van der Waals surface area contributed by atoms with E-state index in [0.29, 0.717) is 0 Å². The number of para-hydroxylation sites is 1. The molecular weight excluding hydrogens is 663 g/mol. The van der Waals surface area contributed by atoms with Crippen molar-refractivity contribution in [2.24, 2.45) is 0 Å². The highest BCUT2D eigenvalue weighted by atomic mass is 15.1. The number of fused-ring (bicyclic) bond motifs is 4. The third-order valence-corrected chi connectivity index (χ3v) is 10.8. The SMILES string of the molecule is c1ccc(-c2ccc(-c3ccccc3)c(N(c3cccc(-c4cc5ccccc5c5ccccc45)c3)c3ccccc3-c3ccc4ccccc4c3)c2)cc1. The summed E-state index contributed by atoms with van der Waals surface area (Å²) < 4.78 is 0. The highest BCUT2D eigenvalue weighted by Gasteiger charge is 2.22. The van der Waals surface area contributed by atoms with Gasteiger partial charge >= 0.3 is 0 Å². The van der Waals surface area contributed by atoms with Crippen LogP contribution in [-0.4, -0.2) is 0 Å². The predicted molar refractivity (Wildman–Crippen MR) is 235 cm³/mol. The van der Waals surface area contributed by atoms with Gasteiger partial charge in [0.1, 0.15) is 0 Å². The molecule has 0 saturated carbocycles. The maximum Gasteiger partial charge on any atom is 0.0546 e. The minimum Gasteiger partial charge on any atom is -0.309 e. The molecule has 0 radical (unpaired) electrons. The van der Waals surface area contributed by atoms with E-state index in [4.69, 9.17) is 0 Å². The van der Waals surface area contributed by atoms with E-state index in [1.807, 2.05) is 0 Å². The van der Waals surface area contributed by atoms with Gasteiger partial charge in [0.15, 0.2) is 0 Å². The Kier molecular flexibility index (Phi) is 8.24. The minimum atomic E-state index is 1.09. The fourth-order valence-corrected chi connectivity index (χ4v) is 8.17. The second-order valence-electron chi connectivity index (χ2n) is 14.1. The maximum absolute atomic E-state index is 2.48. The number of anilines is 3. The summed E-state index contributed by atoms with van der Waals surface area (Å²) in [7, 11) is 0. The Morgan fingerprint density at radius 1 is 0.236 bits per heavy atom. The first-order valence-electron chi connectivity index (χ1n) is 18.9. The molecule has 0 N–H and O–H groups in total. The van der Waals surface area contributed by atoms with Crippen molar-refractivity contribution in [1.29, 1.82) is 0 Å². The maximum atomic E-state index is 2.48. The Morgan fingerprint density at radius 2 is 0.818 bits per heavy atom. The molecule has 0 atom stereocenters. The average Bonchev–Trinajstić information content (AvgIpc) is 3.27. The van der Waals surface area contributed by atoms with Crippen LogP contribution >= 0.6 is 0 Å². The van der Waals surface area contributed by atoms with Crippen LogP contribution in [0.5, 0.6) is 0 Å². The van der Waals surface area contributed by atoms with Gasteiger partial charge in [0.05, 0.1) is 11.4 Å². The smallest absolute Gasteiger partial charge is 0.0546 e. The quantitative estimate of drug-likeness (QED) is 0.150. The topological polar surface area (TPSA) is 3.24 Å². The standard InChI is InChI=1S/C54H37N/c1-3-16-38(17-4-1)42-32-33-49(40-19-5-2-6-20-40)54(37-42)55(53-29-14-13-26-48(53)45-31-30-39-18-7-8-21-41(39)34-45)46-24-15-23-43(35-46)52-36-44-22-9-10-25-47(44)50-27-11-12-28-51(50)52/h1-37H. The highest BCUT2D eigenvalue weighted by molar-refractivity contribution is 6.14. The fraction of sp³-hybridized carbons (Fsp3) is 0. The van der Waals surface area contributed by atoms with Crippen LogP contribution in [0.3, 0.4) is 0 Å². The van der Waals surface area contributed by atoms with Crippen molar-refractivity contribution in [3.05, 3.63) is 224 Å². The van der Waals surface area contributed by atoms with Crippen LogP contribution in [-0.2, 0) is 0 Å². The summed E-state index contributed by atoms with van der Waals surface area (Å²) >= 11 is 0. The molecule has 10 aromatic rings. The van der Waals surface area contributed by atoms with E-state index in [-0.39, 0.29) is 0 Å². The lowest BCUT2D eigenvalue weighted by molar-refractivity contribution is 1.28. The zero-order chi connectivity index (χ0) is 36.6. The first-order valence-corrected chi connectivity index (χ1v) is 18.9. The van der Waals surface area contributed by atoms with Gasteiger partial charge in [-0.2, -0.15) is 0 Å². The lowest BCUT2D eigenvalue weighted by Crippen LogP contribution is -2.13. The van der Waals surface area contributed by atoms with Crippen LogP contribution < -0.4 is 4.90 Å². The first kappa shape index (κ1) is 32.4. The van der Waals surface area contributed by atoms with E-state index in [0.717, 1.165) is 22.6 Å². The van der Waals surface area contributed by atoms with Crippen LogP contribution in [0.15, 0.2) is 224 Å².